The number of hydrogen-bond donors (Lipinski definition) is 1. The fourth-order valence-electron chi connectivity index (χ4n) is 4.30. The number of carboxylic acids is 1. The molecule has 1 N–H and O–H groups in total. The van der Waals surface area contributed by atoms with Gasteiger partial charge in [-0.15, -0.1) is 11.3 Å². The molecule has 33 heavy (non-hydrogen) atoms. The summed E-state index contributed by atoms with van der Waals surface area (Å²) < 4.78 is 63.9. The SMILES string of the molecule is Cc1nc(CN2CCOC3(CCN(C(=O)C4CC(F)(F)C4)CC3)C2)cs1.O=C(O)C(F)(F)F. The van der Waals surface area contributed by atoms with Gasteiger partial charge >= 0.3 is 12.1 Å². The van der Waals surface area contributed by atoms with E-state index < -0.39 is 24.0 Å². The predicted molar refractivity (Wildman–Crippen MR) is 108 cm³/mol. The quantitative estimate of drug-likeness (QED) is 0.643. The highest BCUT2D eigenvalue weighted by Crippen LogP contribution is 2.44. The van der Waals surface area contributed by atoms with Gasteiger partial charge in [0.05, 0.1) is 22.9 Å². The molecular weight excluding hydrogens is 473 g/mol. The third kappa shape index (κ3) is 6.82. The number of alkyl halides is 5. The number of carboxylic acid groups (broad SMARTS) is 1. The number of halogens is 5. The molecule has 0 aromatic carbocycles. The van der Waals surface area contributed by atoms with E-state index in [2.05, 4.69) is 15.3 Å². The lowest BCUT2D eigenvalue weighted by atomic mass is 9.79. The van der Waals surface area contributed by atoms with Crippen LogP contribution in [0, 0.1) is 12.8 Å². The number of aromatic nitrogens is 1. The Balaban J connectivity index is 0.000000383. The second-order valence-electron chi connectivity index (χ2n) is 8.69. The van der Waals surface area contributed by atoms with Crippen molar-refractivity contribution in [3.05, 3.63) is 16.1 Å². The van der Waals surface area contributed by atoms with Crippen molar-refractivity contribution >= 4 is 23.2 Å². The Morgan fingerprint density at radius 2 is 1.85 bits per heavy atom. The van der Waals surface area contributed by atoms with Crippen LogP contribution in [0.5, 0.6) is 0 Å². The van der Waals surface area contributed by atoms with Crippen molar-refractivity contribution < 1.29 is 41.4 Å². The van der Waals surface area contributed by atoms with Crippen LogP contribution in [-0.2, 0) is 20.9 Å². The Bertz CT molecular complexity index is 847. The Labute approximate surface area is 191 Å². The number of carbonyl (C=O) groups excluding carboxylic acids is 1. The summed E-state index contributed by atoms with van der Waals surface area (Å²) in [6.07, 6.45) is -4.11. The van der Waals surface area contributed by atoms with Gasteiger partial charge in [-0.05, 0) is 19.8 Å². The lowest BCUT2D eigenvalue weighted by Gasteiger charge is -2.48. The molecule has 1 aromatic rings. The van der Waals surface area contributed by atoms with E-state index >= 15 is 0 Å². The first-order valence-electron chi connectivity index (χ1n) is 10.5. The van der Waals surface area contributed by atoms with Crippen LogP contribution >= 0.6 is 11.3 Å². The monoisotopic (exact) mass is 499 g/mol. The zero-order valence-corrected chi connectivity index (χ0v) is 18.9. The van der Waals surface area contributed by atoms with Crippen LogP contribution in [0.3, 0.4) is 0 Å². The van der Waals surface area contributed by atoms with Gasteiger partial charge < -0.3 is 14.7 Å². The van der Waals surface area contributed by atoms with Gasteiger partial charge in [-0.1, -0.05) is 0 Å². The molecule has 1 spiro atoms. The van der Waals surface area contributed by atoms with Crippen LogP contribution in [0.2, 0.25) is 0 Å². The number of rotatable bonds is 3. The Hall–Kier alpha value is -1.86. The number of carbonyl (C=O) groups is 2. The van der Waals surface area contributed by atoms with Crippen molar-refractivity contribution in [1.82, 2.24) is 14.8 Å². The molecule has 0 radical (unpaired) electrons. The van der Waals surface area contributed by atoms with Gasteiger partial charge in [0.15, 0.2) is 0 Å². The highest BCUT2D eigenvalue weighted by Gasteiger charge is 2.51. The smallest absolute Gasteiger partial charge is 0.475 e. The van der Waals surface area contributed by atoms with E-state index in [1.165, 1.54) is 0 Å². The third-order valence-corrected chi connectivity index (χ3v) is 6.87. The number of aryl methyl sites for hydroxylation is 1. The third-order valence-electron chi connectivity index (χ3n) is 6.05. The fraction of sp³-hybridized carbons (Fsp3) is 0.750. The van der Waals surface area contributed by atoms with Crippen LogP contribution in [0.25, 0.3) is 0 Å². The number of amides is 1. The molecule has 2 saturated heterocycles. The van der Waals surface area contributed by atoms with Crippen molar-refractivity contribution in [1.29, 1.82) is 0 Å². The molecule has 1 aromatic heterocycles. The standard InChI is InChI=1S/C18H25F2N3O2S.C2HF3O2/c1-13-21-15(11-26-13)10-22-6-7-25-17(12-22)2-4-23(5-3-17)16(24)14-8-18(19,20)9-14;3-2(4,5)1(6)7/h11,14H,2-10,12H2,1H3;(H,6,7). The molecule has 3 heterocycles. The van der Waals surface area contributed by atoms with E-state index in [1.807, 2.05) is 6.92 Å². The normalized spacial score (nSPS) is 22.9. The Kier molecular flexibility index (Phi) is 7.64. The predicted octanol–water partition coefficient (Wildman–Crippen LogP) is 3.32. The van der Waals surface area contributed by atoms with E-state index in [9.17, 15) is 26.7 Å². The largest absolute Gasteiger partial charge is 0.490 e. The maximum absolute atomic E-state index is 13.0. The molecule has 0 unspecified atom stereocenters. The minimum Gasteiger partial charge on any atom is -0.475 e. The average Bonchev–Trinajstić information content (AvgIpc) is 3.10. The first kappa shape index (κ1) is 25.8. The number of nitrogens with zero attached hydrogens (tertiary/aromatic N) is 3. The molecule has 2 aliphatic heterocycles. The minimum atomic E-state index is -5.08. The number of thiazole rings is 1. The van der Waals surface area contributed by atoms with Gasteiger partial charge in [0.25, 0.3) is 0 Å². The number of morpholine rings is 1. The number of hydrogen-bond acceptors (Lipinski definition) is 6. The van der Waals surface area contributed by atoms with Gasteiger partial charge in [0.1, 0.15) is 0 Å². The second-order valence-corrected chi connectivity index (χ2v) is 9.75. The zero-order chi connectivity index (χ0) is 24.4. The van der Waals surface area contributed by atoms with Gasteiger partial charge in [0.2, 0.25) is 11.8 Å². The average molecular weight is 500 g/mol. The van der Waals surface area contributed by atoms with Crippen LogP contribution in [0.1, 0.15) is 36.4 Å². The topological polar surface area (TPSA) is 83.0 Å². The van der Waals surface area contributed by atoms with Gasteiger partial charge in [-0.25, -0.2) is 18.6 Å². The molecule has 1 saturated carbocycles. The summed E-state index contributed by atoms with van der Waals surface area (Å²) >= 11 is 1.67. The number of likely N-dealkylation sites (tertiary alicyclic amines) is 1. The van der Waals surface area contributed by atoms with Crippen LogP contribution in [-0.4, -0.2) is 82.3 Å². The van der Waals surface area contributed by atoms with Crippen LogP contribution < -0.4 is 0 Å². The lowest BCUT2D eigenvalue weighted by molar-refractivity contribution is -0.192. The maximum Gasteiger partial charge on any atom is 0.490 e. The van der Waals surface area contributed by atoms with E-state index in [4.69, 9.17) is 14.6 Å². The highest BCUT2D eigenvalue weighted by atomic mass is 32.1. The Morgan fingerprint density at radius 1 is 1.24 bits per heavy atom. The van der Waals surface area contributed by atoms with Crippen molar-refractivity contribution in [2.75, 3.05) is 32.8 Å². The summed E-state index contributed by atoms with van der Waals surface area (Å²) in [7, 11) is 0. The summed E-state index contributed by atoms with van der Waals surface area (Å²) in [5, 5.41) is 10.3. The van der Waals surface area contributed by atoms with Gasteiger partial charge in [-0.3, -0.25) is 9.69 Å². The lowest BCUT2D eigenvalue weighted by Crippen LogP contribution is -2.58. The first-order valence-corrected chi connectivity index (χ1v) is 11.4. The molecular formula is C20H26F5N3O4S. The van der Waals surface area contributed by atoms with Gasteiger partial charge in [-0.2, -0.15) is 13.2 Å². The van der Waals surface area contributed by atoms with E-state index in [0.717, 1.165) is 43.2 Å². The molecule has 0 bridgehead atoms. The van der Waals surface area contributed by atoms with Crippen molar-refractivity contribution in [3.8, 4) is 0 Å². The number of aliphatic carboxylic acids is 1. The van der Waals surface area contributed by atoms with Crippen LogP contribution in [0.15, 0.2) is 5.38 Å². The number of piperidine rings is 1. The molecule has 3 fully saturated rings. The van der Waals surface area contributed by atoms with Crippen molar-refractivity contribution in [2.24, 2.45) is 5.92 Å². The van der Waals surface area contributed by atoms with E-state index in [-0.39, 0.29) is 24.3 Å². The minimum absolute atomic E-state index is 0.101. The Morgan fingerprint density at radius 3 is 2.33 bits per heavy atom. The molecule has 3 aliphatic rings. The van der Waals surface area contributed by atoms with E-state index in [0.29, 0.717) is 19.7 Å². The molecule has 0 atom stereocenters. The molecule has 186 valence electrons. The van der Waals surface area contributed by atoms with E-state index in [1.54, 1.807) is 16.2 Å². The summed E-state index contributed by atoms with van der Waals surface area (Å²) in [4.78, 5) is 30.0. The second kappa shape index (κ2) is 9.79. The summed E-state index contributed by atoms with van der Waals surface area (Å²) in [6.45, 7) is 6.46. The van der Waals surface area contributed by atoms with Crippen molar-refractivity contribution in [2.45, 2.75) is 56.9 Å². The molecule has 13 heteroatoms. The molecule has 1 aliphatic carbocycles. The summed E-state index contributed by atoms with van der Waals surface area (Å²) in [6, 6.07) is 0. The summed E-state index contributed by atoms with van der Waals surface area (Å²) in [5.41, 5.74) is 0.881. The highest BCUT2D eigenvalue weighted by molar-refractivity contribution is 7.09. The van der Waals surface area contributed by atoms with Gasteiger partial charge in [0, 0.05) is 56.9 Å². The number of ether oxygens (including phenoxy) is 1. The zero-order valence-electron chi connectivity index (χ0n) is 18.0. The van der Waals surface area contributed by atoms with Crippen molar-refractivity contribution in [3.63, 3.8) is 0 Å². The summed E-state index contributed by atoms with van der Waals surface area (Å²) in [5.74, 6) is -5.99. The first-order chi connectivity index (χ1) is 15.3. The molecule has 4 rings (SSSR count). The molecule has 7 nitrogen and oxygen atoms in total. The van der Waals surface area contributed by atoms with Crippen LogP contribution in [0.4, 0.5) is 22.0 Å². The maximum atomic E-state index is 13.0. The fourth-order valence-corrected chi connectivity index (χ4v) is 4.90. The molecule has 1 amide bonds.